The van der Waals surface area contributed by atoms with Crippen LogP contribution >= 0.6 is 0 Å². The lowest BCUT2D eigenvalue weighted by atomic mass is 9.56. The fourth-order valence-electron chi connectivity index (χ4n) is 6.57. The normalized spacial score (nSPS) is 42.9. The maximum atomic E-state index is 11.2. The van der Waals surface area contributed by atoms with Crippen LogP contribution in [0.1, 0.15) is 51.9 Å². The van der Waals surface area contributed by atoms with Gasteiger partial charge in [0, 0.05) is 11.8 Å². The van der Waals surface area contributed by atoms with Crippen molar-refractivity contribution in [2.24, 2.45) is 17.3 Å². The lowest BCUT2D eigenvalue weighted by molar-refractivity contribution is -0.123. The quantitative estimate of drug-likeness (QED) is 0.728. The van der Waals surface area contributed by atoms with Gasteiger partial charge in [-0.2, -0.15) is 0 Å². The average molecular weight is 352 g/mol. The van der Waals surface area contributed by atoms with E-state index in [1.54, 1.807) is 0 Å². The van der Waals surface area contributed by atoms with Crippen LogP contribution in [0, 0.1) is 29.6 Å². The molecule has 1 saturated carbocycles. The molecule has 0 aromatic rings. The van der Waals surface area contributed by atoms with Gasteiger partial charge in [0.25, 0.3) is 0 Å². The number of terminal acetylenes is 1. The molecule has 4 aliphatic carbocycles. The van der Waals surface area contributed by atoms with Crippen molar-refractivity contribution in [3.05, 3.63) is 34.9 Å². The van der Waals surface area contributed by atoms with Crippen LogP contribution in [-0.4, -0.2) is 29.7 Å². The van der Waals surface area contributed by atoms with Gasteiger partial charge < -0.3 is 14.6 Å². The average Bonchev–Trinajstić information content (AvgIpc) is 3.24. The van der Waals surface area contributed by atoms with Crippen LogP contribution in [0.25, 0.3) is 0 Å². The number of ether oxygens (including phenoxy) is 2. The Bertz CT molecular complexity index is 761. The standard InChI is InChI=1S/C23H28O3/c1-3-21-10-7-18-17-8-12-23(25-13-14-26-23)15-16(17)5-6-19(18)20(21)9-11-22(21,24)4-2/h2,7,10,15,19-20,24H,3,5-6,8-9,11-14H2,1H3/t19-,20+,21+,22+/m1/s1. The molecule has 0 unspecified atom stereocenters. The monoisotopic (exact) mass is 352 g/mol. The molecule has 138 valence electrons. The van der Waals surface area contributed by atoms with Gasteiger partial charge in [0.15, 0.2) is 5.79 Å². The first-order valence-corrected chi connectivity index (χ1v) is 10.2. The fraction of sp³-hybridized carbons (Fsp3) is 0.652. The third-order valence-electron chi connectivity index (χ3n) is 7.87. The zero-order valence-electron chi connectivity index (χ0n) is 15.6. The van der Waals surface area contributed by atoms with Crippen LogP contribution < -0.4 is 0 Å². The smallest absolute Gasteiger partial charge is 0.188 e. The lowest BCUT2D eigenvalue weighted by Crippen LogP contribution is -2.48. The highest BCUT2D eigenvalue weighted by Gasteiger charge is 2.60. The summed E-state index contributed by atoms with van der Waals surface area (Å²) in [6.45, 7) is 3.57. The molecule has 0 radical (unpaired) electrons. The van der Waals surface area contributed by atoms with Gasteiger partial charge in [-0.25, -0.2) is 0 Å². The molecule has 4 atom stereocenters. The molecule has 0 aromatic heterocycles. The van der Waals surface area contributed by atoms with Gasteiger partial charge in [0.2, 0.25) is 0 Å². The summed E-state index contributed by atoms with van der Waals surface area (Å²) >= 11 is 0. The Kier molecular flexibility index (Phi) is 3.61. The second-order valence-corrected chi connectivity index (χ2v) is 8.63. The summed E-state index contributed by atoms with van der Waals surface area (Å²) in [4.78, 5) is 0. The Morgan fingerprint density at radius 2 is 2.04 bits per heavy atom. The zero-order valence-corrected chi connectivity index (χ0v) is 15.6. The van der Waals surface area contributed by atoms with Gasteiger partial charge in [-0.3, -0.25) is 0 Å². The molecule has 2 fully saturated rings. The molecular weight excluding hydrogens is 324 g/mol. The first-order chi connectivity index (χ1) is 12.6. The van der Waals surface area contributed by atoms with Crippen LogP contribution in [0.3, 0.4) is 0 Å². The van der Waals surface area contributed by atoms with Crippen LogP contribution in [-0.2, 0) is 9.47 Å². The van der Waals surface area contributed by atoms with Crippen molar-refractivity contribution in [3.63, 3.8) is 0 Å². The number of allylic oxidation sites excluding steroid dienone is 4. The number of rotatable bonds is 1. The minimum Gasteiger partial charge on any atom is -0.377 e. The van der Waals surface area contributed by atoms with E-state index >= 15 is 0 Å². The molecule has 1 heterocycles. The molecule has 5 aliphatic rings. The number of aliphatic hydroxyl groups is 1. The van der Waals surface area contributed by atoms with Gasteiger partial charge in [-0.05, 0) is 73.2 Å². The highest BCUT2D eigenvalue weighted by molar-refractivity contribution is 5.50. The number of fused-ring (bicyclic) bond motifs is 4. The van der Waals surface area contributed by atoms with E-state index in [0.29, 0.717) is 25.0 Å². The molecule has 1 aliphatic heterocycles. The largest absolute Gasteiger partial charge is 0.377 e. The summed E-state index contributed by atoms with van der Waals surface area (Å²) in [7, 11) is 0. The molecule has 1 spiro atoms. The Hall–Kier alpha value is -1.34. The van der Waals surface area contributed by atoms with Crippen LogP contribution in [0.2, 0.25) is 0 Å². The van der Waals surface area contributed by atoms with Gasteiger partial charge in [0.1, 0.15) is 5.60 Å². The van der Waals surface area contributed by atoms with Gasteiger partial charge >= 0.3 is 0 Å². The van der Waals surface area contributed by atoms with E-state index in [2.05, 4.69) is 31.1 Å². The van der Waals surface area contributed by atoms with Crippen molar-refractivity contribution < 1.29 is 14.6 Å². The number of hydrogen-bond acceptors (Lipinski definition) is 3. The summed E-state index contributed by atoms with van der Waals surface area (Å²) in [5, 5.41) is 11.2. The Labute approximate surface area is 156 Å². The highest BCUT2D eigenvalue weighted by Crippen LogP contribution is 2.62. The summed E-state index contributed by atoms with van der Waals surface area (Å²) in [5.41, 5.74) is 3.17. The third kappa shape index (κ3) is 2.01. The molecule has 26 heavy (non-hydrogen) atoms. The predicted molar refractivity (Wildman–Crippen MR) is 100 cm³/mol. The van der Waals surface area contributed by atoms with E-state index in [1.807, 2.05) is 0 Å². The van der Waals surface area contributed by atoms with Crippen LogP contribution in [0.4, 0.5) is 0 Å². The van der Waals surface area contributed by atoms with Crippen LogP contribution in [0.5, 0.6) is 0 Å². The van der Waals surface area contributed by atoms with Crippen LogP contribution in [0.15, 0.2) is 34.9 Å². The van der Waals surface area contributed by atoms with Crippen molar-refractivity contribution in [2.75, 3.05) is 13.2 Å². The van der Waals surface area contributed by atoms with Gasteiger partial charge in [-0.15, -0.1) is 6.42 Å². The first-order valence-electron chi connectivity index (χ1n) is 10.2. The summed E-state index contributed by atoms with van der Waals surface area (Å²) in [6.07, 6.45) is 19.4. The Balaban J connectivity index is 1.58. The number of hydrogen-bond donors (Lipinski definition) is 1. The molecule has 5 rings (SSSR count). The third-order valence-corrected chi connectivity index (χ3v) is 7.87. The fourth-order valence-corrected chi connectivity index (χ4v) is 6.57. The minimum absolute atomic E-state index is 0.259. The maximum Gasteiger partial charge on any atom is 0.188 e. The van der Waals surface area contributed by atoms with E-state index in [0.717, 1.165) is 44.9 Å². The van der Waals surface area contributed by atoms with E-state index in [4.69, 9.17) is 15.9 Å². The van der Waals surface area contributed by atoms with Crippen molar-refractivity contribution in [1.29, 1.82) is 0 Å². The first kappa shape index (κ1) is 16.8. The van der Waals surface area contributed by atoms with Crippen molar-refractivity contribution in [3.8, 4) is 12.3 Å². The maximum absolute atomic E-state index is 11.2. The summed E-state index contributed by atoms with van der Waals surface area (Å²) in [5.74, 6) is 3.27. The van der Waals surface area contributed by atoms with Crippen molar-refractivity contribution in [1.82, 2.24) is 0 Å². The minimum atomic E-state index is -0.989. The molecule has 1 saturated heterocycles. The van der Waals surface area contributed by atoms with E-state index in [9.17, 15) is 5.11 Å². The molecule has 3 nitrogen and oxygen atoms in total. The molecule has 3 heteroatoms. The van der Waals surface area contributed by atoms with E-state index in [-0.39, 0.29) is 5.41 Å². The summed E-state index contributed by atoms with van der Waals surface area (Å²) in [6, 6.07) is 0. The molecular formula is C23H28O3. The lowest BCUT2D eigenvalue weighted by Gasteiger charge is -2.49. The van der Waals surface area contributed by atoms with Crippen molar-refractivity contribution >= 4 is 0 Å². The van der Waals surface area contributed by atoms with E-state index < -0.39 is 11.4 Å². The second-order valence-electron chi connectivity index (χ2n) is 8.63. The molecule has 0 aromatic carbocycles. The van der Waals surface area contributed by atoms with Gasteiger partial charge in [0.05, 0.1) is 13.2 Å². The molecule has 0 bridgehead atoms. The highest BCUT2D eigenvalue weighted by atomic mass is 16.7. The van der Waals surface area contributed by atoms with E-state index in [1.165, 1.54) is 16.7 Å². The molecule has 1 N–H and O–H groups in total. The second kappa shape index (κ2) is 5.58. The SMILES string of the molecule is C#C[C@]1(O)CC[C@H]2[C@@H]3CCC4=CC5(CCC4=C3C=C[C@@]21CC)OCCO5. The predicted octanol–water partition coefficient (Wildman–Crippen LogP) is 3.90. The van der Waals surface area contributed by atoms with Gasteiger partial charge in [-0.1, -0.05) is 25.0 Å². The molecule has 0 amide bonds. The Morgan fingerprint density at radius 1 is 1.23 bits per heavy atom. The topological polar surface area (TPSA) is 38.7 Å². The van der Waals surface area contributed by atoms with Crippen molar-refractivity contribution in [2.45, 2.75) is 63.3 Å². The summed E-state index contributed by atoms with van der Waals surface area (Å²) < 4.78 is 11.8. The Morgan fingerprint density at radius 3 is 2.77 bits per heavy atom. The zero-order chi connectivity index (χ0) is 18.0.